The van der Waals surface area contributed by atoms with Crippen LogP contribution in [0.3, 0.4) is 0 Å². The van der Waals surface area contributed by atoms with Crippen molar-refractivity contribution in [1.82, 2.24) is 14.6 Å². The van der Waals surface area contributed by atoms with Gasteiger partial charge in [0, 0.05) is 14.9 Å². The van der Waals surface area contributed by atoms with Gasteiger partial charge in [-0.15, -0.1) is 11.3 Å². The number of halogens is 5. The number of nitrogens with zero attached hydrogens (tertiary/aromatic N) is 4. The first-order valence-corrected chi connectivity index (χ1v) is 12.9. The molecule has 0 atom stereocenters. The van der Waals surface area contributed by atoms with Crippen LogP contribution < -0.4 is 5.32 Å². The quantitative estimate of drug-likeness (QED) is 0.266. The van der Waals surface area contributed by atoms with Gasteiger partial charge >= 0.3 is 6.18 Å². The zero-order chi connectivity index (χ0) is 24.9. The van der Waals surface area contributed by atoms with E-state index in [1.54, 1.807) is 24.3 Å². The van der Waals surface area contributed by atoms with E-state index >= 15 is 0 Å². The molecule has 0 unspecified atom stereocenters. The van der Waals surface area contributed by atoms with E-state index in [1.165, 1.54) is 11.3 Å². The highest BCUT2D eigenvalue weighted by molar-refractivity contribution is 9.11. The van der Waals surface area contributed by atoms with Gasteiger partial charge in [-0.25, -0.2) is 9.50 Å². The number of thiophene rings is 1. The van der Waals surface area contributed by atoms with Crippen LogP contribution in [0.5, 0.6) is 0 Å². The van der Waals surface area contributed by atoms with Crippen molar-refractivity contribution >= 4 is 59.8 Å². The minimum Gasteiger partial charge on any atom is -0.311 e. The number of aromatic nitrogens is 3. The second kappa shape index (κ2) is 9.04. The SMILES string of the molecule is N#Cc1c(NC(=O)c2nn3c(C(F)(F)F)cc(-c4ccc(Br)cc4)nc3c2Br)sc2c1CCCC2. The number of carbonyl (C=O) groups excluding carboxylic acids is 1. The molecule has 0 bridgehead atoms. The molecule has 12 heteroatoms. The third-order valence-corrected chi connectivity index (χ3v) is 8.15. The van der Waals surface area contributed by atoms with Crippen LogP contribution in [0.25, 0.3) is 16.9 Å². The number of benzene rings is 1. The fourth-order valence-corrected chi connectivity index (χ4v) is 6.06. The lowest BCUT2D eigenvalue weighted by atomic mass is 9.96. The van der Waals surface area contributed by atoms with Crippen LogP contribution in [0.1, 0.15) is 45.0 Å². The van der Waals surface area contributed by atoms with Crippen molar-refractivity contribution < 1.29 is 18.0 Å². The molecule has 0 radical (unpaired) electrons. The lowest BCUT2D eigenvalue weighted by Crippen LogP contribution is -2.16. The lowest BCUT2D eigenvalue weighted by molar-refractivity contribution is -0.142. The van der Waals surface area contributed by atoms with Crippen molar-refractivity contribution in [2.45, 2.75) is 31.9 Å². The van der Waals surface area contributed by atoms with Crippen LogP contribution in [-0.4, -0.2) is 20.5 Å². The number of nitriles is 1. The van der Waals surface area contributed by atoms with E-state index in [-0.39, 0.29) is 21.5 Å². The monoisotopic (exact) mass is 623 g/mol. The number of nitrogens with one attached hydrogen (secondary N) is 1. The van der Waals surface area contributed by atoms with Crippen LogP contribution in [0.2, 0.25) is 0 Å². The highest BCUT2D eigenvalue weighted by Crippen LogP contribution is 2.39. The van der Waals surface area contributed by atoms with Crippen molar-refractivity contribution in [1.29, 1.82) is 5.26 Å². The largest absolute Gasteiger partial charge is 0.433 e. The summed E-state index contributed by atoms with van der Waals surface area (Å²) in [5, 5.41) is 16.7. The third kappa shape index (κ3) is 4.37. The Bertz CT molecular complexity index is 1520. The third-order valence-electron chi connectivity index (χ3n) is 5.69. The number of hydrogen-bond donors (Lipinski definition) is 1. The number of anilines is 1. The van der Waals surface area contributed by atoms with Crippen LogP contribution in [0.4, 0.5) is 18.2 Å². The van der Waals surface area contributed by atoms with Gasteiger partial charge in [0.05, 0.1) is 15.7 Å². The number of amides is 1. The van der Waals surface area contributed by atoms with E-state index in [9.17, 15) is 23.2 Å². The second-order valence-corrected chi connectivity index (χ2v) is 10.7. The number of rotatable bonds is 3. The highest BCUT2D eigenvalue weighted by atomic mass is 79.9. The molecule has 3 aromatic heterocycles. The zero-order valence-corrected chi connectivity index (χ0v) is 21.7. The molecule has 35 heavy (non-hydrogen) atoms. The molecule has 4 aromatic rings. The molecule has 6 nitrogen and oxygen atoms in total. The van der Waals surface area contributed by atoms with E-state index in [4.69, 9.17) is 0 Å². The summed E-state index contributed by atoms with van der Waals surface area (Å²) in [5.74, 6) is -0.726. The van der Waals surface area contributed by atoms with Gasteiger partial charge in [-0.3, -0.25) is 4.79 Å². The number of carbonyl (C=O) groups is 1. The smallest absolute Gasteiger partial charge is 0.311 e. The Morgan fingerprint density at radius 2 is 1.89 bits per heavy atom. The molecule has 178 valence electrons. The number of fused-ring (bicyclic) bond motifs is 2. The normalized spacial score (nSPS) is 13.5. The summed E-state index contributed by atoms with van der Waals surface area (Å²) in [4.78, 5) is 18.5. The molecule has 1 aliphatic rings. The first kappa shape index (κ1) is 24.0. The Morgan fingerprint density at radius 3 is 2.57 bits per heavy atom. The van der Waals surface area contributed by atoms with Crippen LogP contribution in [0, 0.1) is 11.3 Å². The molecule has 0 aliphatic heterocycles. The van der Waals surface area contributed by atoms with Gasteiger partial charge in [0.15, 0.2) is 17.0 Å². The average Bonchev–Trinajstić information content (AvgIpc) is 3.35. The summed E-state index contributed by atoms with van der Waals surface area (Å²) in [6.45, 7) is 0. The molecule has 1 aromatic carbocycles. The van der Waals surface area contributed by atoms with Gasteiger partial charge in [-0.2, -0.15) is 23.5 Å². The minimum absolute atomic E-state index is 0.0271. The highest BCUT2D eigenvalue weighted by Gasteiger charge is 2.37. The molecular formula is C23H14Br2F3N5OS. The van der Waals surface area contributed by atoms with E-state index in [0.717, 1.165) is 46.7 Å². The summed E-state index contributed by atoms with van der Waals surface area (Å²) in [5.41, 5.74) is 0.438. The Kier molecular flexibility index (Phi) is 6.19. The molecule has 0 saturated heterocycles. The maximum absolute atomic E-state index is 13.9. The van der Waals surface area contributed by atoms with Crippen molar-refractivity contribution in [3.8, 4) is 17.3 Å². The summed E-state index contributed by atoms with van der Waals surface area (Å²) in [6, 6.07) is 9.74. The summed E-state index contributed by atoms with van der Waals surface area (Å²) in [6.07, 6.45) is -1.17. The average molecular weight is 625 g/mol. The molecule has 1 amide bonds. The van der Waals surface area contributed by atoms with Gasteiger partial charge in [-0.1, -0.05) is 28.1 Å². The predicted octanol–water partition coefficient (Wildman–Crippen LogP) is 7.00. The Hall–Kier alpha value is -2.75. The minimum atomic E-state index is -4.74. The Balaban J connectivity index is 1.60. The van der Waals surface area contributed by atoms with Gasteiger partial charge in [0.2, 0.25) is 0 Å². The zero-order valence-electron chi connectivity index (χ0n) is 17.7. The predicted molar refractivity (Wildman–Crippen MR) is 132 cm³/mol. The first-order valence-electron chi connectivity index (χ1n) is 10.5. The van der Waals surface area contributed by atoms with Gasteiger partial charge < -0.3 is 5.32 Å². The molecule has 1 aliphatic carbocycles. The fourth-order valence-electron chi connectivity index (χ4n) is 4.04. The van der Waals surface area contributed by atoms with Gasteiger partial charge in [-0.05, 0) is 65.4 Å². The molecule has 1 N–H and O–H groups in total. The van der Waals surface area contributed by atoms with Crippen molar-refractivity contribution in [2.24, 2.45) is 0 Å². The van der Waals surface area contributed by atoms with Crippen LogP contribution >= 0.6 is 43.2 Å². The van der Waals surface area contributed by atoms with E-state index in [1.807, 2.05) is 0 Å². The first-order chi connectivity index (χ1) is 16.7. The summed E-state index contributed by atoms with van der Waals surface area (Å²) in [7, 11) is 0. The standard InChI is InChI=1S/C23H14Br2F3N5OS/c24-12-7-5-11(6-8-12)15-9-17(23(26,27)28)33-20(30-15)18(25)19(32-33)21(34)31-22-14(10-29)13-3-1-2-4-16(13)35-22/h5-9H,1-4H2,(H,31,34). The van der Waals surface area contributed by atoms with E-state index < -0.39 is 17.8 Å². The molecule has 0 saturated carbocycles. The Morgan fingerprint density at radius 1 is 1.17 bits per heavy atom. The molecule has 3 heterocycles. The fraction of sp³-hybridized carbons (Fsp3) is 0.217. The van der Waals surface area contributed by atoms with Crippen LogP contribution in [-0.2, 0) is 19.0 Å². The van der Waals surface area contributed by atoms with Gasteiger partial charge in [0.25, 0.3) is 5.91 Å². The summed E-state index contributed by atoms with van der Waals surface area (Å²) < 4.78 is 43.3. The van der Waals surface area contributed by atoms with Gasteiger partial charge in [0.1, 0.15) is 11.1 Å². The molecule has 0 spiro atoms. The maximum Gasteiger partial charge on any atom is 0.433 e. The maximum atomic E-state index is 13.9. The van der Waals surface area contributed by atoms with Crippen molar-refractivity contribution in [3.05, 3.63) is 66.7 Å². The lowest BCUT2D eigenvalue weighted by Gasteiger charge is -2.11. The van der Waals surface area contributed by atoms with E-state index in [2.05, 4.69) is 53.3 Å². The number of alkyl halides is 3. The molecular weight excluding hydrogens is 611 g/mol. The number of hydrogen-bond acceptors (Lipinski definition) is 5. The number of aryl methyl sites for hydroxylation is 1. The second-order valence-electron chi connectivity index (χ2n) is 7.91. The van der Waals surface area contributed by atoms with Crippen molar-refractivity contribution in [2.75, 3.05) is 5.32 Å². The molecule has 0 fully saturated rings. The summed E-state index contributed by atoms with van der Waals surface area (Å²) >= 11 is 7.87. The van der Waals surface area contributed by atoms with E-state index in [0.29, 0.717) is 20.6 Å². The van der Waals surface area contributed by atoms with Crippen molar-refractivity contribution in [3.63, 3.8) is 0 Å². The Labute approximate surface area is 218 Å². The molecule has 5 rings (SSSR count). The topological polar surface area (TPSA) is 83.1 Å². The van der Waals surface area contributed by atoms with Crippen LogP contribution in [0.15, 0.2) is 39.3 Å².